The summed E-state index contributed by atoms with van der Waals surface area (Å²) in [6.45, 7) is 0.669. The second kappa shape index (κ2) is 10.6. The number of benzene rings is 2. The van der Waals surface area contributed by atoms with E-state index in [2.05, 4.69) is 30.5 Å². The van der Waals surface area contributed by atoms with Crippen molar-refractivity contribution in [3.63, 3.8) is 0 Å². The molecule has 0 bridgehead atoms. The standard InChI is InChI=1S/C25H23FN6O2/c1-34-24(33)15-28-14-19-6-5-18(12-20(19)26)22-8-9-23(32-27)25(31-22)30-13-16-4-7-21-17(11-16)3-2-10-29-21/h2-12,27-28H,13-15H2,1H3,(H,30,31). The van der Waals surface area contributed by atoms with Gasteiger partial charge in [0.25, 0.3) is 0 Å². The lowest BCUT2D eigenvalue weighted by molar-refractivity contribution is -0.139. The van der Waals surface area contributed by atoms with Gasteiger partial charge in [0.05, 0.1) is 24.9 Å². The molecular formula is C25H23FN6O2. The largest absolute Gasteiger partial charge is 0.468 e. The molecule has 0 fully saturated rings. The summed E-state index contributed by atoms with van der Waals surface area (Å²) in [6.07, 6.45) is 1.76. The zero-order valence-electron chi connectivity index (χ0n) is 18.5. The third kappa shape index (κ3) is 5.38. The van der Waals surface area contributed by atoms with Gasteiger partial charge in [0.15, 0.2) is 5.82 Å². The summed E-state index contributed by atoms with van der Waals surface area (Å²) in [7, 11) is 1.30. The fourth-order valence-corrected chi connectivity index (χ4v) is 3.48. The molecule has 0 amide bonds. The summed E-state index contributed by atoms with van der Waals surface area (Å²) >= 11 is 0. The van der Waals surface area contributed by atoms with E-state index in [-0.39, 0.29) is 13.1 Å². The molecule has 2 aromatic heterocycles. The lowest BCUT2D eigenvalue weighted by Gasteiger charge is -2.11. The van der Waals surface area contributed by atoms with Gasteiger partial charge < -0.3 is 15.4 Å². The van der Waals surface area contributed by atoms with Crippen LogP contribution < -0.4 is 10.6 Å². The quantitative estimate of drug-likeness (QED) is 0.241. The van der Waals surface area contributed by atoms with Crippen LogP contribution in [0.25, 0.3) is 22.2 Å². The van der Waals surface area contributed by atoms with Gasteiger partial charge in [-0.15, -0.1) is 0 Å². The van der Waals surface area contributed by atoms with Gasteiger partial charge in [0.2, 0.25) is 0 Å². The van der Waals surface area contributed by atoms with Crippen molar-refractivity contribution in [2.75, 3.05) is 19.0 Å². The number of methoxy groups -OCH3 is 1. The summed E-state index contributed by atoms with van der Waals surface area (Å²) < 4.78 is 19.2. The van der Waals surface area contributed by atoms with E-state index in [1.54, 1.807) is 30.5 Å². The van der Waals surface area contributed by atoms with E-state index in [0.29, 0.717) is 34.9 Å². The maximum absolute atomic E-state index is 14.6. The number of rotatable bonds is 9. The Hall–Kier alpha value is -4.24. The molecule has 2 aromatic carbocycles. The molecule has 9 heteroatoms. The molecule has 0 aliphatic heterocycles. The highest BCUT2D eigenvalue weighted by Crippen LogP contribution is 2.29. The molecule has 4 aromatic rings. The first-order valence-electron chi connectivity index (χ1n) is 10.6. The minimum Gasteiger partial charge on any atom is -0.468 e. The number of carbonyl (C=O) groups excluding carboxylic acids is 1. The van der Waals surface area contributed by atoms with E-state index in [1.165, 1.54) is 13.2 Å². The van der Waals surface area contributed by atoms with Gasteiger partial charge in [0, 0.05) is 35.8 Å². The minimum absolute atomic E-state index is 0.0000822. The number of fused-ring (bicyclic) bond motifs is 1. The fourth-order valence-electron chi connectivity index (χ4n) is 3.48. The number of esters is 1. The fraction of sp³-hybridized carbons (Fsp3) is 0.160. The monoisotopic (exact) mass is 458 g/mol. The zero-order valence-corrected chi connectivity index (χ0v) is 18.5. The second-order valence-corrected chi connectivity index (χ2v) is 7.55. The Morgan fingerprint density at radius 1 is 1.12 bits per heavy atom. The van der Waals surface area contributed by atoms with Gasteiger partial charge in [-0.2, -0.15) is 5.11 Å². The third-order valence-electron chi connectivity index (χ3n) is 5.28. The summed E-state index contributed by atoms with van der Waals surface area (Å²) in [5, 5.41) is 10.7. The normalized spacial score (nSPS) is 10.8. The van der Waals surface area contributed by atoms with Crippen molar-refractivity contribution in [1.82, 2.24) is 15.3 Å². The zero-order chi connectivity index (χ0) is 23.9. The Bertz CT molecular complexity index is 1340. The van der Waals surface area contributed by atoms with E-state index >= 15 is 0 Å². The first-order valence-corrected chi connectivity index (χ1v) is 10.6. The van der Waals surface area contributed by atoms with E-state index in [9.17, 15) is 9.18 Å². The number of nitrogens with one attached hydrogen (secondary N) is 3. The summed E-state index contributed by atoms with van der Waals surface area (Å²) in [5.74, 6) is -0.394. The number of carbonyl (C=O) groups is 1. The molecule has 172 valence electrons. The summed E-state index contributed by atoms with van der Waals surface area (Å²) in [5.41, 5.74) is 11.3. The second-order valence-electron chi connectivity index (χ2n) is 7.55. The SMILES string of the molecule is COC(=O)CNCc1ccc(-c2ccc(N=N)c(NCc3ccc4ncccc4c3)n2)cc1F. The molecule has 0 spiro atoms. The molecule has 3 N–H and O–H groups in total. The van der Waals surface area contributed by atoms with Crippen LogP contribution in [-0.2, 0) is 22.6 Å². The van der Waals surface area contributed by atoms with E-state index in [4.69, 9.17) is 5.53 Å². The first-order chi connectivity index (χ1) is 16.6. The number of hydrogen-bond donors (Lipinski definition) is 3. The molecule has 34 heavy (non-hydrogen) atoms. The Labute approximate surface area is 195 Å². The van der Waals surface area contributed by atoms with Crippen LogP contribution >= 0.6 is 0 Å². The molecule has 0 radical (unpaired) electrons. The maximum Gasteiger partial charge on any atom is 0.319 e. The Balaban J connectivity index is 1.50. The van der Waals surface area contributed by atoms with Gasteiger partial charge in [-0.3, -0.25) is 9.78 Å². The Morgan fingerprint density at radius 3 is 2.79 bits per heavy atom. The summed E-state index contributed by atoms with van der Waals surface area (Å²) in [4.78, 5) is 20.1. The average Bonchev–Trinajstić information content (AvgIpc) is 2.87. The Kier molecular flexibility index (Phi) is 7.14. The van der Waals surface area contributed by atoms with E-state index in [1.807, 2.05) is 30.3 Å². The maximum atomic E-state index is 14.6. The van der Waals surface area contributed by atoms with E-state index in [0.717, 1.165) is 16.5 Å². The smallest absolute Gasteiger partial charge is 0.319 e. The van der Waals surface area contributed by atoms with Gasteiger partial charge >= 0.3 is 5.97 Å². The van der Waals surface area contributed by atoms with E-state index < -0.39 is 11.8 Å². The number of pyridine rings is 2. The van der Waals surface area contributed by atoms with Gasteiger partial charge in [-0.25, -0.2) is 14.9 Å². The average molecular weight is 458 g/mol. The van der Waals surface area contributed by atoms with Crippen LogP contribution in [0, 0.1) is 11.3 Å². The van der Waals surface area contributed by atoms with Crippen molar-refractivity contribution in [2.45, 2.75) is 13.1 Å². The molecule has 0 saturated carbocycles. The van der Waals surface area contributed by atoms with Crippen molar-refractivity contribution >= 4 is 28.4 Å². The third-order valence-corrected chi connectivity index (χ3v) is 5.28. The molecule has 8 nitrogen and oxygen atoms in total. The lowest BCUT2D eigenvalue weighted by atomic mass is 10.1. The predicted molar refractivity (Wildman–Crippen MR) is 127 cm³/mol. The van der Waals surface area contributed by atoms with Crippen LogP contribution in [0.3, 0.4) is 0 Å². The first kappa shape index (κ1) is 22.9. The number of ether oxygens (including phenoxy) is 1. The molecule has 0 atom stereocenters. The van der Waals surface area contributed by atoms with Crippen LogP contribution in [0.2, 0.25) is 0 Å². The lowest BCUT2D eigenvalue weighted by Crippen LogP contribution is -2.23. The van der Waals surface area contributed by atoms with Crippen molar-refractivity contribution in [3.05, 3.63) is 83.8 Å². The van der Waals surface area contributed by atoms with Gasteiger partial charge in [-0.05, 0) is 42.0 Å². The predicted octanol–water partition coefficient (Wildman–Crippen LogP) is 4.97. The topological polar surface area (TPSA) is 112 Å². The van der Waals surface area contributed by atoms with Gasteiger partial charge in [0.1, 0.15) is 11.5 Å². The van der Waals surface area contributed by atoms with Crippen molar-refractivity contribution in [1.29, 1.82) is 5.53 Å². The molecule has 0 saturated heterocycles. The van der Waals surface area contributed by atoms with Crippen LogP contribution in [0.1, 0.15) is 11.1 Å². The Morgan fingerprint density at radius 2 is 2.00 bits per heavy atom. The molecule has 4 rings (SSSR count). The molecule has 2 heterocycles. The molecule has 0 unspecified atom stereocenters. The highest BCUT2D eigenvalue weighted by Gasteiger charge is 2.11. The highest BCUT2D eigenvalue weighted by molar-refractivity contribution is 5.79. The molecular weight excluding hydrogens is 435 g/mol. The van der Waals surface area contributed by atoms with Crippen LogP contribution in [0.4, 0.5) is 15.9 Å². The summed E-state index contributed by atoms with van der Waals surface area (Å²) in [6, 6.07) is 18.0. The van der Waals surface area contributed by atoms with Crippen molar-refractivity contribution in [2.24, 2.45) is 5.11 Å². The number of halogens is 1. The minimum atomic E-state index is -0.415. The molecule has 0 aliphatic carbocycles. The van der Waals surface area contributed by atoms with Crippen LogP contribution in [-0.4, -0.2) is 29.6 Å². The van der Waals surface area contributed by atoms with Crippen molar-refractivity contribution in [3.8, 4) is 11.3 Å². The molecule has 0 aliphatic rings. The number of hydrogen-bond acceptors (Lipinski definition) is 8. The van der Waals surface area contributed by atoms with Gasteiger partial charge in [-0.1, -0.05) is 24.3 Å². The van der Waals surface area contributed by atoms with Crippen LogP contribution in [0.15, 0.2) is 72.0 Å². The number of anilines is 1. The number of aromatic nitrogens is 2. The highest BCUT2D eigenvalue weighted by atomic mass is 19.1. The van der Waals surface area contributed by atoms with Crippen molar-refractivity contribution < 1.29 is 13.9 Å². The van der Waals surface area contributed by atoms with Crippen LogP contribution in [0.5, 0.6) is 0 Å². The number of nitrogens with zero attached hydrogens (tertiary/aromatic N) is 3.